The van der Waals surface area contributed by atoms with E-state index < -0.39 is 15.1 Å². The molecule has 0 atom stereocenters. The van der Waals surface area contributed by atoms with E-state index >= 15 is 0 Å². The highest BCUT2D eigenvalue weighted by Gasteiger charge is 2.18. The molecule has 0 bridgehead atoms. The second-order valence-corrected chi connectivity index (χ2v) is 4.09. The zero-order valence-corrected chi connectivity index (χ0v) is 10.8. The molecule has 0 heterocycles. The quantitative estimate of drug-likeness (QED) is 0.772. The number of benzene rings is 1. The minimum atomic E-state index is -4.70. The van der Waals surface area contributed by atoms with Gasteiger partial charge in [-0.15, -0.1) is 3.89 Å². The number of aryl methyl sites for hydroxylation is 1. The van der Waals surface area contributed by atoms with Crippen molar-refractivity contribution >= 4 is 10.2 Å². The molecule has 0 aliphatic carbocycles. The number of hydrogen-bond acceptors (Lipinski definition) is 3. The van der Waals surface area contributed by atoms with Crippen molar-refractivity contribution in [1.82, 2.24) is 0 Å². The van der Waals surface area contributed by atoms with Gasteiger partial charge in [-0.1, -0.05) is 26.8 Å². The van der Waals surface area contributed by atoms with Crippen molar-refractivity contribution in [3.05, 3.63) is 23.8 Å². The number of ether oxygens (including phenoxy) is 1. The predicted octanol–water partition coefficient (Wildman–Crippen LogP) is 2.94. The zero-order valence-electron chi connectivity index (χ0n) is 9.95. The summed E-state index contributed by atoms with van der Waals surface area (Å²) in [5.74, 6) is 0.0321. The number of rotatable bonds is 3. The third kappa shape index (κ3) is 3.81. The van der Waals surface area contributed by atoms with Crippen LogP contribution in [-0.2, 0) is 16.6 Å². The van der Waals surface area contributed by atoms with Crippen LogP contribution in [0.15, 0.2) is 23.1 Å². The normalized spacial score (nSPS) is 10.3. The van der Waals surface area contributed by atoms with Crippen LogP contribution in [0.4, 0.5) is 3.89 Å². The van der Waals surface area contributed by atoms with Crippen LogP contribution in [-0.4, -0.2) is 15.5 Å². The zero-order chi connectivity index (χ0) is 12.8. The van der Waals surface area contributed by atoms with Gasteiger partial charge in [-0.25, -0.2) is 0 Å². The van der Waals surface area contributed by atoms with Crippen molar-refractivity contribution in [2.24, 2.45) is 0 Å². The minimum absolute atomic E-state index is 0.0321. The highest BCUT2D eigenvalue weighted by molar-refractivity contribution is 7.86. The largest absolute Gasteiger partial charge is 0.495 e. The summed E-state index contributed by atoms with van der Waals surface area (Å²) in [5.41, 5.74) is 0.752. The van der Waals surface area contributed by atoms with Crippen molar-refractivity contribution < 1.29 is 17.0 Å². The lowest BCUT2D eigenvalue weighted by Crippen LogP contribution is -1.98. The molecule has 0 amide bonds. The van der Waals surface area contributed by atoms with E-state index in [9.17, 15) is 12.3 Å². The second kappa shape index (κ2) is 6.48. The molecule has 0 aliphatic rings. The van der Waals surface area contributed by atoms with Crippen LogP contribution in [0, 0.1) is 0 Å². The van der Waals surface area contributed by atoms with Gasteiger partial charge >= 0.3 is 10.2 Å². The summed E-state index contributed by atoms with van der Waals surface area (Å²) in [6.07, 6.45) is 0.645. The third-order valence-corrected chi connectivity index (χ3v) is 2.74. The highest BCUT2D eigenvalue weighted by Crippen LogP contribution is 2.26. The molecular formula is C11H17FO3S. The Balaban J connectivity index is 0.00000106. The van der Waals surface area contributed by atoms with E-state index in [2.05, 4.69) is 0 Å². The van der Waals surface area contributed by atoms with Crippen LogP contribution < -0.4 is 4.74 Å². The maximum atomic E-state index is 12.8. The summed E-state index contributed by atoms with van der Waals surface area (Å²) in [4.78, 5) is -0.403. The minimum Gasteiger partial charge on any atom is -0.495 e. The third-order valence-electron chi connectivity index (χ3n) is 1.90. The summed E-state index contributed by atoms with van der Waals surface area (Å²) in [6.45, 7) is 5.86. The summed E-state index contributed by atoms with van der Waals surface area (Å²) in [6, 6.07) is 4.44. The predicted molar refractivity (Wildman–Crippen MR) is 62.0 cm³/mol. The smallest absolute Gasteiger partial charge is 0.335 e. The number of halogens is 1. The molecule has 92 valence electrons. The summed E-state index contributed by atoms with van der Waals surface area (Å²) in [5, 5.41) is 0. The average molecular weight is 248 g/mol. The standard InChI is InChI=1S/C9H11FO3S.C2H6/c1-3-7-4-5-8(13-2)9(6-7)14(10,11)12;1-2/h4-6H,3H2,1-2H3;1-2H3. The lowest BCUT2D eigenvalue weighted by molar-refractivity contribution is 0.401. The van der Waals surface area contributed by atoms with Crippen molar-refractivity contribution in [2.45, 2.75) is 32.1 Å². The molecular weight excluding hydrogens is 231 g/mol. The Morgan fingerprint density at radius 3 is 2.25 bits per heavy atom. The molecule has 0 fully saturated rings. The summed E-state index contributed by atoms with van der Waals surface area (Å²) in [7, 11) is -3.40. The van der Waals surface area contributed by atoms with Crippen molar-refractivity contribution in [2.75, 3.05) is 7.11 Å². The molecule has 1 aromatic carbocycles. The molecule has 3 nitrogen and oxygen atoms in total. The van der Waals surface area contributed by atoms with E-state index in [1.165, 1.54) is 19.2 Å². The molecule has 5 heteroatoms. The molecule has 0 radical (unpaired) electrons. The maximum absolute atomic E-state index is 12.8. The van der Waals surface area contributed by atoms with E-state index in [1.807, 2.05) is 20.8 Å². The summed E-state index contributed by atoms with van der Waals surface area (Å²) >= 11 is 0. The molecule has 16 heavy (non-hydrogen) atoms. The van der Waals surface area contributed by atoms with Crippen molar-refractivity contribution in [1.29, 1.82) is 0 Å². The lowest BCUT2D eigenvalue weighted by Gasteiger charge is -2.06. The Morgan fingerprint density at radius 1 is 1.31 bits per heavy atom. The van der Waals surface area contributed by atoms with Crippen LogP contribution in [0.5, 0.6) is 5.75 Å². The van der Waals surface area contributed by atoms with E-state index in [4.69, 9.17) is 4.74 Å². The van der Waals surface area contributed by atoms with Crippen LogP contribution in [0.25, 0.3) is 0 Å². The van der Waals surface area contributed by atoms with Gasteiger partial charge in [0.05, 0.1) is 7.11 Å². The van der Waals surface area contributed by atoms with E-state index in [0.29, 0.717) is 6.42 Å². The van der Waals surface area contributed by atoms with Crippen LogP contribution in [0.2, 0.25) is 0 Å². The van der Waals surface area contributed by atoms with Crippen molar-refractivity contribution in [3.8, 4) is 5.75 Å². The molecule has 1 aromatic rings. The number of methoxy groups -OCH3 is 1. The Labute approximate surface area is 96.5 Å². The first kappa shape index (κ1) is 14.9. The summed E-state index contributed by atoms with van der Waals surface area (Å²) < 4.78 is 39.0. The first-order valence-corrected chi connectivity index (χ1v) is 6.49. The molecule has 1 rings (SSSR count). The second-order valence-electron chi connectivity index (χ2n) is 2.78. The first-order chi connectivity index (χ1) is 7.49. The lowest BCUT2D eigenvalue weighted by atomic mass is 10.2. The molecule has 0 unspecified atom stereocenters. The number of hydrogen-bond donors (Lipinski definition) is 0. The van der Waals surface area contributed by atoms with Gasteiger partial charge in [0.15, 0.2) is 0 Å². The Bertz CT molecular complexity index is 427. The van der Waals surface area contributed by atoms with E-state index in [1.54, 1.807) is 6.07 Å². The Kier molecular flexibility index (Phi) is 6.03. The average Bonchev–Trinajstić information content (AvgIpc) is 2.29. The molecule has 0 saturated heterocycles. The molecule has 0 saturated carbocycles. The van der Waals surface area contributed by atoms with Crippen LogP contribution >= 0.6 is 0 Å². The fourth-order valence-corrected chi connectivity index (χ4v) is 1.82. The molecule has 0 aromatic heterocycles. The van der Waals surface area contributed by atoms with Crippen LogP contribution in [0.1, 0.15) is 26.3 Å². The van der Waals surface area contributed by atoms with Gasteiger partial charge < -0.3 is 4.74 Å². The monoisotopic (exact) mass is 248 g/mol. The Morgan fingerprint density at radius 2 is 1.88 bits per heavy atom. The SMILES string of the molecule is CC.CCc1ccc(OC)c(S(=O)(=O)F)c1. The maximum Gasteiger partial charge on any atom is 0.335 e. The van der Waals surface area contributed by atoms with Gasteiger partial charge in [0.2, 0.25) is 0 Å². The van der Waals surface area contributed by atoms with Gasteiger partial charge in [-0.2, -0.15) is 8.42 Å². The van der Waals surface area contributed by atoms with Crippen LogP contribution in [0.3, 0.4) is 0 Å². The Hall–Kier alpha value is -1.10. The van der Waals surface area contributed by atoms with E-state index in [0.717, 1.165) is 5.56 Å². The van der Waals surface area contributed by atoms with Gasteiger partial charge in [0.25, 0.3) is 0 Å². The molecule has 0 N–H and O–H groups in total. The topological polar surface area (TPSA) is 43.4 Å². The van der Waals surface area contributed by atoms with Gasteiger partial charge in [-0.05, 0) is 24.1 Å². The first-order valence-electron chi connectivity index (χ1n) is 5.10. The highest BCUT2D eigenvalue weighted by atomic mass is 32.3. The van der Waals surface area contributed by atoms with Crippen molar-refractivity contribution in [3.63, 3.8) is 0 Å². The molecule has 0 aliphatic heterocycles. The van der Waals surface area contributed by atoms with E-state index in [-0.39, 0.29) is 5.75 Å². The molecule has 0 spiro atoms. The van der Waals surface area contributed by atoms with Gasteiger partial charge in [0.1, 0.15) is 10.6 Å². The van der Waals surface area contributed by atoms with Gasteiger partial charge in [0, 0.05) is 0 Å². The fourth-order valence-electron chi connectivity index (χ4n) is 1.13. The van der Waals surface area contributed by atoms with Gasteiger partial charge in [-0.3, -0.25) is 0 Å². The fraction of sp³-hybridized carbons (Fsp3) is 0.455.